The summed E-state index contributed by atoms with van der Waals surface area (Å²) in [6.45, 7) is 5.71. The second-order valence-electron chi connectivity index (χ2n) is 4.82. The van der Waals surface area contributed by atoms with E-state index in [9.17, 15) is 13.0 Å². The topological polar surface area (TPSA) is 52.3 Å². The molecule has 2 N–H and O–H groups in total. The van der Waals surface area contributed by atoms with Gasteiger partial charge in [0.05, 0.1) is 28.8 Å². The van der Waals surface area contributed by atoms with Crippen LogP contribution in [0, 0.1) is 11.6 Å². The first-order chi connectivity index (χ1) is 8.20. The molecule has 0 amide bonds. The molecule has 18 heavy (non-hydrogen) atoms. The van der Waals surface area contributed by atoms with Crippen LogP contribution in [0.5, 0.6) is 0 Å². The second-order valence-corrected chi connectivity index (χ2v) is 6.33. The summed E-state index contributed by atoms with van der Waals surface area (Å²) in [5, 5.41) is 0. The summed E-state index contributed by atoms with van der Waals surface area (Å²) in [6, 6.07) is 1.92. The van der Waals surface area contributed by atoms with Crippen LogP contribution in [0.4, 0.5) is 14.5 Å². The summed E-state index contributed by atoms with van der Waals surface area (Å²) in [6.07, 6.45) is 0. The lowest BCUT2D eigenvalue weighted by molar-refractivity contribution is 0.00668. The minimum absolute atomic E-state index is 0.0308. The minimum atomic E-state index is -1.78. The van der Waals surface area contributed by atoms with Crippen molar-refractivity contribution in [2.24, 2.45) is 0 Å². The van der Waals surface area contributed by atoms with Gasteiger partial charge in [-0.15, -0.1) is 0 Å². The van der Waals surface area contributed by atoms with E-state index in [1.165, 1.54) is 0 Å². The first-order valence-electron chi connectivity index (χ1n) is 5.47. The van der Waals surface area contributed by atoms with Crippen LogP contribution in [0.2, 0.25) is 0 Å². The Bertz CT molecular complexity index is 435. The normalized spacial score (nSPS) is 13.6. The van der Waals surface area contributed by atoms with E-state index in [2.05, 4.69) is 0 Å². The standard InChI is InChI=1S/C12H17F2NO2S/c1-12(2,3)17-4-5-18(16)11-9(13)6-8(15)7-10(11)14/h6-7H,4-5,15H2,1-3H3. The number of ether oxygens (including phenoxy) is 1. The lowest BCUT2D eigenvalue weighted by atomic mass is 10.2. The number of hydrogen-bond donors (Lipinski definition) is 1. The van der Waals surface area contributed by atoms with Gasteiger partial charge in [-0.2, -0.15) is 0 Å². The Morgan fingerprint density at radius 2 is 1.78 bits per heavy atom. The number of nitrogen functional groups attached to an aromatic ring is 1. The van der Waals surface area contributed by atoms with Gasteiger partial charge < -0.3 is 10.5 Å². The molecule has 0 saturated heterocycles. The van der Waals surface area contributed by atoms with E-state index < -0.39 is 27.3 Å². The SMILES string of the molecule is CC(C)(C)OCCS(=O)c1c(F)cc(N)cc1F. The molecular formula is C12H17F2NO2S. The van der Waals surface area contributed by atoms with Gasteiger partial charge in [-0.05, 0) is 32.9 Å². The summed E-state index contributed by atoms with van der Waals surface area (Å²) >= 11 is 0. The molecule has 1 rings (SSSR count). The van der Waals surface area contributed by atoms with Crippen LogP contribution >= 0.6 is 0 Å². The molecule has 0 spiro atoms. The minimum Gasteiger partial charge on any atom is -0.399 e. The van der Waals surface area contributed by atoms with Crippen LogP contribution in [0.15, 0.2) is 17.0 Å². The Kier molecular flexibility index (Phi) is 4.81. The van der Waals surface area contributed by atoms with Crippen molar-refractivity contribution >= 4 is 16.5 Å². The van der Waals surface area contributed by atoms with Crippen molar-refractivity contribution in [1.82, 2.24) is 0 Å². The lowest BCUT2D eigenvalue weighted by Gasteiger charge is -2.19. The molecule has 0 bridgehead atoms. The van der Waals surface area contributed by atoms with Gasteiger partial charge in [-0.25, -0.2) is 8.78 Å². The van der Waals surface area contributed by atoms with Crippen LogP contribution in [0.3, 0.4) is 0 Å². The van der Waals surface area contributed by atoms with Gasteiger partial charge in [0.2, 0.25) is 0 Å². The van der Waals surface area contributed by atoms with E-state index in [-0.39, 0.29) is 23.6 Å². The number of rotatable bonds is 4. The summed E-state index contributed by atoms with van der Waals surface area (Å²) in [5.41, 5.74) is 4.88. The van der Waals surface area contributed by atoms with Crippen LogP contribution < -0.4 is 5.73 Å². The van der Waals surface area contributed by atoms with E-state index >= 15 is 0 Å². The van der Waals surface area contributed by atoms with Crippen molar-refractivity contribution in [1.29, 1.82) is 0 Å². The van der Waals surface area contributed by atoms with E-state index in [4.69, 9.17) is 10.5 Å². The highest BCUT2D eigenvalue weighted by atomic mass is 32.2. The molecule has 0 aliphatic carbocycles. The van der Waals surface area contributed by atoms with Gasteiger partial charge in [-0.1, -0.05) is 0 Å². The van der Waals surface area contributed by atoms with Crippen molar-refractivity contribution in [2.75, 3.05) is 18.1 Å². The molecule has 0 heterocycles. The maximum absolute atomic E-state index is 13.5. The highest BCUT2D eigenvalue weighted by Crippen LogP contribution is 2.20. The zero-order valence-electron chi connectivity index (χ0n) is 10.6. The number of hydrogen-bond acceptors (Lipinski definition) is 3. The predicted molar refractivity (Wildman–Crippen MR) is 67.8 cm³/mol. The molecule has 0 fully saturated rings. The molecule has 1 aromatic rings. The number of nitrogens with two attached hydrogens (primary N) is 1. The Morgan fingerprint density at radius 1 is 1.28 bits per heavy atom. The monoisotopic (exact) mass is 277 g/mol. The van der Waals surface area contributed by atoms with Crippen LogP contribution in [-0.4, -0.2) is 22.2 Å². The van der Waals surface area contributed by atoms with E-state index in [1.807, 2.05) is 20.8 Å². The second kappa shape index (κ2) is 5.75. The maximum atomic E-state index is 13.5. The first kappa shape index (κ1) is 15.0. The number of benzene rings is 1. The molecule has 0 radical (unpaired) electrons. The Balaban J connectivity index is 2.74. The quantitative estimate of drug-likeness (QED) is 0.860. The molecule has 1 unspecified atom stereocenters. The average Bonchev–Trinajstić information content (AvgIpc) is 2.13. The van der Waals surface area contributed by atoms with Crippen molar-refractivity contribution in [3.05, 3.63) is 23.8 Å². The van der Waals surface area contributed by atoms with E-state index in [0.717, 1.165) is 12.1 Å². The van der Waals surface area contributed by atoms with Gasteiger partial charge in [0.15, 0.2) is 0 Å². The summed E-state index contributed by atoms with van der Waals surface area (Å²) < 4.78 is 44.1. The third-order valence-electron chi connectivity index (χ3n) is 2.05. The molecule has 6 heteroatoms. The fourth-order valence-electron chi connectivity index (χ4n) is 1.32. The highest BCUT2D eigenvalue weighted by Gasteiger charge is 2.18. The molecule has 1 aromatic carbocycles. The third kappa shape index (κ3) is 4.34. The molecule has 102 valence electrons. The largest absolute Gasteiger partial charge is 0.399 e. The summed E-state index contributed by atoms with van der Waals surface area (Å²) in [5.74, 6) is -1.74. The van der Waals surface area contributed by atoms with Gasteiger partial charge >= 0.3 is 0 Å². The molecule has 3 nitrogen and oxygen atoms in total. The van der Waals surface area contributed by atoms with E-state index in [0.29, 0.717) is 0 Å². The molecule has 0 aliphatic rings. The summed E-state index contributed by atoms with van der Waals surface area (Å²) in [7, 11) is -1.78. The molecule has 1 atom stereocenters. The van der Waals surface area contributed by atoms with Gasteiger partial charge in [0.25, 0.3) is 0 Å². The lowest BCUT2D eigenvalue weighted by Crippen LogP contribution is -2.22. The predicted octanol–water partition coefficient (Wildman–Crippen LogP) is 2.47. The van der Waals surface area contributed by atoms with Crippen molar-refractivity contribution in [3.8, 4) is 0 Å². The van der Waals surface area contributed by atoms with Crippen molar-refractivity contribution in [2.45, 2.75) is 31.3 Å². The zero-order chi connectivity index (χ0) is 13.9. The maximum Gasteiger partial charge on any atom is 0.144 e. The smallest absolute Gasteiger partial charge is 0.144 e. The fourth-order valence-corrected chi connectivity index (χ4v) is 2.31. The Morgan fingerprint density at radius 3 is 2.22 bits per heavy atom. The van der Waals surface area contributed by atoms with Crippen LogP contribution in [0.1, 0.15) is 20.8 Å². The Hall–Kier alpha value is -1.01. The van der Waals surface area contributed by atoms with Crippen LogP contribution in [0.25, 0.3) is 0 Å². The highest BCUT2D eigenvalue weighted by molar-refractivity contribution is 7.85. The van der Waals surface area contributed by atoms with Crippen molar-refractivity contribution in [3.63, 3.8) is 0 Å². The molecule has 0 aliphatic heterocycles. The fraction of sp³-hybridized carbons (Fsp3) is 0.500. The number of anilines is 1. The average molecular weight is 277 g/mol. The zero-order valence-corrected chi connectivity index (χ0v) is 11.4. The number of halogens is 2. The van der Waals surface area contributed by atoms with Crippen molar-refractivity contribution < 1.29 is 17.7 Å². The van der Waals surface area contributed by atoms with E-state index in [1.54, 1.807) is 0 Å². The van der Waals surface area contributed by atoms with Gasteiger partial charge in [-0.3, -0.25) is 4.21 Å². The van der Waals surface area contributed by atoms with Gasteiger partial charge in [0, 0.05) is 5.69 Å². The molecule has 0 aromatic heterocycles. The summed E-state index contributed by atoms with van der Waals surface area (Å²) in [4.78, 5) is -0.443. The molecule has 0 saturated carbocycles. The molecular weight excluding hydrogens is 260 g/mol. The first-order valence-corrected chi connectivity index (χ1v) is 6.79. The van der Waals surface area contributed by atoms with Gasteiger partial charge in [0.1, 0.15) is 16.5 Å². The Labute approximate surface area is 108 Å². The third-order valence-corrected chi connectivity index (χ3v) is 3.43. The van der Waals surface area contributed by atoms with Crippen LogP contribution in [-0.2, 0) is 15.5 Å².